The zero-order valence-corrected chi connectivity index (χ0v) is 14.3. The number of rotatable bonds is 4. The highest BCUT2D eigenvalue weighted by Gasteiger charge is 2.17. The summed E-state index contributed by atoms with van der Waals surface area (Å²) in [5.41, 5.74) is 3.62. The summed E-state index contributed by atoms with van der Waals surface area (Å²) in [7, 11) is 1.87. The van der Waals surface area contributed by atoms with Crippen molar-refractivity contribution in [1.82, 2.24) is 19.6 Å². The fourth-order valence-electron chi connectivity index (χ4n) is 2.83. The van der Waals surface area contributed by atoms with Crippen LogP contribution < -0.4 is 0 Å². The lowest BCUT2D eigenvalue weighted by Crippen LogP contribution is -2.06. The van der Waals surface area contributed by atoms with Crippen LogP contribution in [0, 0.1) is 13.8 Å². The molecule has 6 nitrogen and oxygen atoms in total. The average molecular weight is 324 g/mol. The van der Waals surface area contributed by atoms with Crippen LogP contribution in [0.5, 0.6) is 0 Å². The lowest BCUT2D eigenvalue weighted by Gasteiger charge is -2.06. The number of fused-ring (bicyclic) bond motifs is 1. The summed E-state index contributed by atoms with van der Waals surface area (Å²) >= 11 is 0. The highest BCUT2D eigenvalue weighted by atomic mass is 16.5. The molecule has 124 valence electrons. The zero-order chi connectivity index (χ0) is 17.3. The van der Waals surface area contributed by atoms with E-state index in [1.54, 1.807) is 17.7 Å². The molecule has 0 spiro atoms. The number of aromatic nitrogens is 4. The van der Waals surface area contributed by atoms with Crippen molar-refractivity contribution in [2.45, 2.75) is 20.8 Å². The van der Waals surface area contributed by atoms with Gasteiger partial charge in [-0.3, -0.25) is 4.68 Å². The van der Waals surface area contributed by atoms with Gasteiger partial charge in [-0.15, -0.1) is 0 Å². The van der Waals surface area contributed by atoms with Gasteiger partial charge in [0.15, 0.2) is 5.82 Å². The van der Waals surface area contributed by atoms with Gasteiger partial charge in [0, 0.05) is 24.1 Å². The average Bonchev–Trinajstić information content (AvgIpc) is 3.02. The third-order valence-electron chi connectivity index (χ3n) is 3.88. The van der Waals surface area contributed by atoms with Gasteiger partial charge in [-0.05, 0) is 32.9 Å². The van der Waals surface area contributed by atoms with Crippen molar-refractivity contribution in [2.24, 2.45) is 7.05 Å². The first kappa shape index (κ1) is 16.0. The van der Waals surface area contributed by atoms with Crippen molar-refractivity contribution >= 4 is 22.9 Å². The molecule has 6 heteroatoms. The van der Waals surface area contributed by atoms with Crippen LogP contribution in [0.2, 0.25) is 0 Å². The Kier molecular flexibility index (Phi) is 4.20. The van der Waals surface area contributed by atoms with Crippen LogP contribution in [0.4, 0.5) is 0 Å². The minimum Gasteiger partial charge on any atom is -0.463 e. The summed E-state index contributed by atoms with van der Waals surface area (Å²) in [5, 5.41) is 10.2. The van der Waals surface area contributed by atoms with Gasteiger partial charge in [-0.1, -0.05) is 18.2 Å². The van der Waals surface area contributed by atoms with E-state index in [1.165, 1.54) is 6.08 Å². The summed E-state index contributed by atoms with van der Waals surface area (Å²) < 4.78 is 8.60. The first-order chi connectivity index (χ1) is 11.5. The number of esters is 1. The minimum absolute atomic E-state index is 0.352. The molecule has 24 heavy (non-hydrogen) atoms. The van der Waals surface area contributed by atoms with Crippen molar-refractivity contribution in [3.05, 3.63) is 47.3 Å². The van der Waals surface area contributed by atoms with E-state index in [0.29, 0.717) is 6.61 Å². The molecule has 2 heterocycles. The lowest BCUT2D eigenvalue weighted by atomic mass is 10.2. The second-order valence-electron chi connectivity index (χ2n) is 5.55. The maximum atomic E-state index is 11.6. The van der Waals surface area contributed by atoms with Gasteiger partial charge < -0.3 is 4.74 Å². The van der Waals surface area contributed by atoms with Crippen molar-refractivity contribution in [1.29, 1.82) is 0 Å². The molecule has 3 aromatic rings. The number of benzene rings is 1. The Morgan fingerprint density at radius 3 is 2.71 bits per heavy atom. The highest BCUT2D eigenvalue weighted by molar-refractivity contribution is 5.88. The predicted molar refractivity (Wildman–Crippen MR) is 93.0 cm³/mol. The zero-order valence-electron chi connectivity index (χ0n) is 14.3. The molecule has 0 amide bonds. The molecule has 0 saturated carbocycles. The second kappa shape index (κ2) is 6.31. The van der Waals surface area contributed by atoms with Gasteiger partial charge in [0.2, 0.25) is 0 Å². The maximum absolute atomic E-state index is 11.6. The van der Waals surface area contributed by atoms with Crippen LogP contribution in [0.1, 0.15) is 23.9 Å². The van der Waals surface area contributed by atoms with Crippen molar-refractivity contribution < 1.29 is 9.53 Å². The number of carbonyl (C=O) groups excluding carboxylic acids is 1. The SMILES string of the molecule is CCOC(=O)C=Cc1c(C)nn(C)c1-n1nc(C)c2ccccc21. The molecular formula is C18H20N4O2. The third-order valence-corrected chi connectivity index (χ3v) is 3.88. The number of hydrogen-bond acceptors (Lipinski definition) is 4. The van der Waals surface area contributed by atoms with Gasteiger partial charge in [-0.25, -0.2) is 9.48 Å². The van der Waals surface area contributed by atoms with Crippen LogP contribution in [-0.2, 0) is 16.6 Å². The molecule has 0 fully saturated rings. The molecule has 0 unspecified atom stereocenters. The predicted octanol–water partition coefficient (Wildman–Crippen LogP) is 2.95. The molecular weight excluding hydrogens is 304 g/mol. The van der Waals surface area contributed by atoms with Gasteiger partial charge >= 0.3 is 5.97 Å². The van der Waals surface area contributed by atoms with Crippen molar-refractivity contribution in [3.8, 4) is 5.82 Å². The highest BCUT2D eigenvalue weighted by Crippen LogP contribution is 2.25. The Balaban J connectivity index is 2.16. The normalized spacial score (nSPS) is 11.5. The second-order valence-corrected chi connectivity index (χ2v) is 5.55. The molecule has 0 radical (unpaired) electrons. The van der Waals surface area contributed by atoms with Crippen LogP contribution in [-0.4, -0.2) is 32.1 Å². The van der Waals surface area contributed by atoms with E-state index in [2.05, 4.69) is 10.2 Å². The van der Waals surface area contributed by atoms with E-state index in [1.807, 2.05) is 49.8 Å². The van der Waals surface area contributed by atoms with E-state index in [9.17, 15) is 4.79 Å². The number of ether oxygens (including phenoxy) is 1. The number of aryl methyl sites for hydroxylation is 3. The summed E-state index contributed by atoms with van der Waals surface area (Å²) in [4.78, 5) is 11.6. The molecule has 0 aliphatic rings. The van der Waals surface area contributed by atoms with Crippen LogP contribution >= 0.6 is 0 Å². The molecule has 3 rings (SSSR count). The van der Waals surface area contributed by atoms with E-state index < -0.39 is 0 Å². The molecule has 1 aromatic carbocycles. The Morgan fingerprint density at radius 2 is 1.96 bits per heavy atom. The molecule has 0 aliphatic carbocycles. The number of nitrogens with zero attached hydrogens (tertiary/aromatic N) is 4. The van der Waals surface area contributed by atoms with E-state index in [0.717, 1.165) is 33.7 Å². The topological polar surface area (TPSA) is 61.9 Å². The summed E-state index contributed by atoms with van der Waals surface area (Å²) in [6, 6.07) is 8.05. The lowest BCUT2D eigenvalue weighted by molar-refractivity contribution is -0.137. The number of para-hydroxylation sites is 1. The fourth-order valence-corrected chi connectivity index (χ4v) is 2.83. The van der Waals surface area contributed by atoms with E-state index >= 15 is 0 Å². The van der Waals surface area contributed by atoms with Crippen LogP contribution in [0.15, 0.2) is 30.3 Å². The van der Waals surface area contributed by atoms with Crippen molar-refractivity contribution in [3.63, 3.8) is 0 Å². The first-order valence-electron chi connectivity index (χ1n) is 7.86. The number of hydrogen-bond donors (Lipinski definition) is 0. The van der Waals surface area contributed by atoms with Crippen LogP contribution in [0.25, 0.3) is 22.8 Å². The molecule has 0 atom stereocenters. The van der Waals surface area contributed by atoms with Gasteiger partial charge in [0.25, 0.3) is 0 Å². The molecule has 0 N–H and O–H groups in total. The minimum atomic E-state index is -0.367. The molecule has 0 saturated heterocycles. The first-order valence-corrected chi connectivity index (χ1v) is 7.86. The molecule has 2 aromatic heterocycles. The smallest absolute Gasteiger partial charge is 0.330 e. The quantitative estimate of drug-likeness (QED) is 0.547. The molecule has 0 aliphatic heterocycles. The summed E-state index contributed by atoms with van der Waals surface area (Å²) in [6.45, 7) is 6.03. The standard InChI is InChI=1S/C18H20N4O2/c1-5-24-17(23)11-10-15-13(3)19-21(4)18(15)22-16-9-7-6-8-14(16)12(2)20-22/h6-11H,5H2,1-4H3. The Morgan fingerprint density at radius 1 is 1.21 bits per heavy atom. The Hall–Kier alpha value is -2.89. The van der Waals surface area contributed by atoms with Gasteiger partial charge in [-0.2, -0.15) is 10.2 Å². The Bertz CT molecular complexity index is 934. The van der Waals surface area contributed by atoms with Gasteiger partial charge in [0.05, 0.1) is 23.5 Å². The maximum Gasteiger partial charge on any atom is 0.330 e. The van der Waals surface area contributed by atoms with E-state index in [-0.39, 0.29) is 5.97 Å². The third kappa shape index (κ3) is 2.71. The Labute approximate surface area is 140 Å². The summed E-state index contributed by atoms with van der Waals surface area (Å²) in [5.74, 6) is 0.450. The van der Waals surface area contributed by atoms with Gasteiger partial charge in [0.1, 0.15) is 0 Å². The van der Waals surface area contributed by atoms with E-state index in [4.69, 9.17) is 4.74 Å². The largest absolute Gasteiger partial charge is 0.463 e. The monoisotopic (exact) mass is 324 g/mol. The fraction of sp³-hybridized carbons (Fsp3) is 0.278. The molecule has 0 bridgehead atoms. The van der Waals surface area contributed by atoms with Crippen LogP contribution in [0.3, 0.4) is 0 Å². The van der Waals surface area contributed by atoms with Crippen molar-refractivity contribution in [2.75, 3.05) is 6.61 Å². The summed E-state index contributed by atoms with van der Waals surface area (Å²) in [6.07, 6.45) is 3.16. The number of carbonyl (C=O) groups is 1.